The van der Waals surface area contributed by atoms with Gasteiger partial charge in [0, 0.05) is 6.42 Å². The predicted molar refractivity (Wildman–Crippen MR) is 180 cm³/mol. The maximum Gasteiger partial charge on any atom is 0.220 e. The molecule has 0 aromatic carbocycles. The lowest BCUT2D eigenvalue weighted by Gasteiger charge is -2.40. The van der Waals surface area contributed by atoms with Crippen molar-refractivity contribution >= 4 is 5.91 Å². The van der Waals surface area contributed by atoms with Crippen LogP contribution < -0.4 is 5.32 Å². The van der Waals surface area contributed by atoms with Crippen LogP contribution in [0.4, 0.5) is 0 Å². The Kier molecular flexibility index (Phi) is 26.5. The van der Waals surface area contributed by atoms with Crippen LogP contribution in [-0.2, 0) is 14.3 Å². The second kappa shape index (κ2) is 28.2. The molecule has 7 atom stereocenters. The summed E-state index contributed by atoms with van der Waals surface area (Å²) in [6.07, 6.45) is 20.3. The maximum absolute atomic E-state index is 12.6. The molecule has 1 heterocycles. The van der Waals surface area contributed by atoms with E-state index in [1.807, 2.05) is 0 Å². The van der Waals surface area contributed by atoms with Gasteiger partial charge in [-0.2, -0.15) is 0 Å². The van der Waals surface area contributed by atoms with Gasteiger partial charge in [0.05, 0.1) is 25.4 Å². The second-order valence-electron chi connectivity index (χ2n) is 13.4. The summed E-state index contributed by atoms with van der Waals surface area (Å²) in [5.41, 5.74) is 0. The van der Waals surface area contributed by atoms with Gasteiger partial charge in [0.15, 0.2) is 6.29 Å². The minimum atomic E-state index is -1.54. The minimum absolute atomic E-state index is 0.135. The molecule has 0 aromatic rings. The lowest BCUT2D eigenvalue weighted by Crippen LogP contribution is -2.60. The van der Waals surface area contributed by atoms with Crippen molar-refractivity contribution < 1.29 is 39.8 Å². The molecule has 1 rings (SSSR count). The first-order valence-corrected chi connectivity index (χ1v) is 18.7. The van der Waals surface area contributed by atoms with Crippen LogP contribution in [0.5, 0.6) is 0 Å². The number of carbonyl (C=O) groups is 1. The molecule has 1 aliphatic heterocycles. The quantitative estimate of drug-likeness (QED) is 0.0517. The van der Waals surface area contributed by atoms with Crippen molar-refractivity contribution in [2.45, 2.75) is 211 Å². The second-order valence-corrected chi connectivity index (χ2v) is 13.4. The maximum atomic E-state index is 12.6. The van der Waals surface area contributed by atoms with Crippen LogP contribution in [0.25, 0.3) is 0 Å². The number of rotatable bonds is 30. The van der Waals surface area contributed by atoms with Gasteiger partial charge >= 0.3 is 0 Å². The molecular weight excluding hydrogens is 574 g/mol. The molecule has 1 aliphatic rings. The molecule has 0 spiro atoms. The number of amides is 1. The summed E-state index contributed by atoms with van der Waals surface area (Å²) in [4.78, 5) is 12.6. The van der Waals surface area contributed by atoms with Gasteiger partial charge in [-0.3, -0.25) is 4.79 Å². The number of aliphatic hydroxyl groups is 5. The molecule has 1 amide bonds. The van der Waals surface area contributed by atoms with Gasteiger partial charge in [0.2, 0.25) is 5.91 Å². The summed E-state index contributed by atoms with van der Waals surface area (Å²) in [5.74, 6) is -0.162. The zero-order valence-corrected chi connectivity index (χ0v) is 28.9. The molecule has 0 bridgehead atoms. The fourth-order valence-corrected chi connectivity index (χ4v) is 6.10. The molecule has 9 nitrogen and oxygen atoms in total. The smallest absolute Gasteiger partial charge is 0.220 e. The third-order valence-electron chi connectivity index (χ3n) is 9.21. The Hall–Kier alpha value is -0.810. The van der Waals surface area contributed by atoms with Gasteiger partial charge in [-0.25, -0.2) is 0 Å². The van der Waals surface area contributed by atoms with E-state index in [9.17, 15) is 30.3 Å². The highest BCUT2D eigenvalue weighted by atomic mass is 16.7. The molecular formula is C36H71NO8. The van der Waals surface area contributed by atoms with Gasteiger partial charge in [-0.15, -0.1) is 0 Å². The molecule has 7 unspecified atom stereocenters. The molecule has 0 aliphatic carbocycles. The van der Waals surface area contributed by atoms with E-state index in [0.717, 1.165) is 44.9 Å². The number of hydrogen-bond donors (Lipinski definition) is 6. The van der Waals surface area contributed by atoms with Crippen molar-refractivity contribution in [2.24, 2.45) is 0 Å². The Balaban J connectivity index is 2.27. The standard InChI is InChI=1S/C36H71NO8/c1-3-5-7-9-10-11-12-13-14-15-16-17-18-19-20-21-22-23-25-30(39)29(37-32(40)26-24-8-6-4-2)28-44-36-35(43)34(42)33(41)31(27-38)45-36/h29-31,33-36,38-39,41-43H,3-28H2,1-2H3,(H,37,40). The highest BCUT2D eigenvalue weighted by Crippen LogP contribution is 2.23. The van der Waals surface area contributed by atoms with Gasteiger partial charge in [-0.1, -0.05) is 149 Å². The fourth-order valence-electron chi connectivity index (χ4n) is 6.10. The van der Waals surface area contributed by atoms with Gasteiger partial charge in [0.25, 0.3) is 0 Å². The van der Waals surface area contributed by atoms with Gasteiger partial charge < -0.3 is 40.3 Å². The molecule has 0 radical (unpaired) electrons. The predicted octanol–water partition coefficient (Wildman–Crippen LogP) is 6.05. The van der Waals surface area contributed by atoms with Crippen molar-refractivity contribution in [1.29, 1.82) is 0 Å². The lowest BCUT2D eigenvalue weighted by atomic mass is 9.99. The molecule has 1 fully saturated rings. The fraction of sp³-hybridized carbons (Fsp3) is 0.972. The van der Waals surface area contributed by atoms with E-state index in [0.29, 0.717) is 12.8 Å². The van der Waals surface area contributed by atoms with E-state index < -0.39 is 49.5 Å². The molecule has 268 valence electrons. The van der Waals surface area contributed by atoms with E-state index in [1.54, 1.807) is 0 Å². The van der Waals surface area contributed by atoms with E-state index in [-0.39, 0.29) is 12.5 Å². The minimum Gasteiger partial charge on any atom is -0.394 e. The van der Waals surface area contributed by atoms with Crippen LogP contribution >= 0.6 is 0 Å². The Morgan fingerprint density at radius 2 is 1.11 bits per heavy atom. The molecule has 0 saturated carbocycles. The lowest BCUT2D eigenvalue weighted by molar-refractivity contribution is -0.302. The first-order chi connectivity index (χ1) is 21.8. The highest BCUT2D eigenvalue weighted by Gasteiger charge is 2.44. The van der Waals surface area contributed by atoms with Crippen molar-refractivity contribution in [3.8, 4) is 0 Å². The Bertz CT molecular complexity index is 681. The van der Waals surface area contributed by atoms with Crippen LogP contribution in [0.2, 0.25) is 0 Å². The molecule has 6 N–H and O–H groups in total. The zero-order chi connectivity index (χ0) is 33.1. The molecule has 9 heteroatoms. The zero-order valence-electron chi connectivity index (χ0n) is 28.9. The number of aliphatic hydroxyl groups excluding tert-OH is 5. The van der Waals surface area contributed by atoms with Crippen LogP contribution in [0, 0.1) is 0 Å². The van der Waals surface area contributed by atoms with Crippen LogP contribution in [-0.4, -0.2) is 87.5 Å². The van der Waals surface area contributed by atoms with Gasteiger partial charge in [0.1, 0.15) is 24.4 Å². The van der Waals surface area contributed by atoms with Crippen molar-refractivity contribution in [1.82, 2.24) is 5.32 Å². The number of unbranched alkanes of at least 4 members (excludes halogenated alkanes) is 20. The third-order valence-corrected chi connectivity index (χ3v) is 9.21. The molecule has 0 aromatic heterocycles. The topological polar surface area (TPSA) is 149 Å². The average molecular weight is 646 g/mol. The first kappa shape index (κ1) is 42.2. The first-order valence-electron chi connectivity index (χ1n) is 18.7. The normalized spacial score (nSPS) is 23.2. The van der Waals surface area contributed by atoms with Crippen molar-refractivity contribution in [3.63, 3.8) is 0 Å². The third kappa shape index (κ3) is 20.2. The summed E-state index contributed by atoms with van der Waals surface area (Å²) in [7, 11) is 0. The Morgan fingerprint density at radius 3 is 1.58 bits per heavy atom. The van der Waals surface area contributed by atoms with Crippen molar-refractivity contribution in [3.05, 3.63) is 0 Å². The van der Waals surface area contributed by atoms with E-state index in [2.05, 4.69) is 19.2 Å². The molecule has 45 heavy (non-hydrogen) atoms. The van der Waals surface area contributed by atoms with E-state index in [4.69, 9.17) is 9.47 Å². The SMILES string of the molecule is CCCCCCCCCCCCCCCCCCCCC(O)C(COC1OC(CO)C(O)C(O)C1O)NC(=O)CCCCCC. The monoisotopic (exact) mass is 646 g/mol. The van der Waals surface area contributed by atoms with Crippen LogP contribution in [0.3, 0.4) is 0 Å². The van der Waals surface area contributed by atoms with Crippen molar-refractivity contribution in [2.75, 3.05) is 13.2 Å². The van der Waals surface area contributed by atoms with Gasteiger partial charge in [-0.05, 0) is 12.8 Å². The largest absolute Gasteiger partial charge is 0.394 e. The van der Waals surface area contributed by atoms with E-state index in [1.165, 1.54) is 96.3 Å². The summed E-state index contributed by atoms with van der Waals surface area (Å²) in [5, 5.41) is 53.7. The summed E-state index contributed by atoms with van der Waals surface area (Å²) in [6, 6.07) is -0.707. The summed E-state index contributed by atoms with van der Waals surface area (Å²) < 4.78 is 11.1. The summed E-state index contributed by atoms with van der Waals surface area (Å²) >= 11 is 0. The molecule has 1 saturated heterocycles. The number of hydrogen-bond acceptors (Lipinski definition) is 8. The highest BCUT2D eigenvalue weighted by molar-refractivity contribution is 5.76. The Morgan fingerprint density at radius 1 is 0.667 bits per heavy atom. The van der Waals surface area contributed by atoms with E-state index >= 15 is 0 Å². The number of ether oxygens (including phenoxy) is 2. The van der Waals surface area contributed by atoms with Crippen LogP contribution in [0.15, 0.2) is 0 Å². The van der Waals surface area contributed by atoms with Crippen LogP contribution in [0.1, 0.15) is 168 Å². The average Bonchev–Trinajstić information content (AvgIpc) is 3.04. The number of nitrogens with one attached hydrogen (secondary N) is 1. The summed E-state index contributed by atoms with van der Waals surface area (Å²) in [6.45, 7) is 3.70. The number of carbonyl (C=O) groups excluding carboxylic acids is 1. The Labute approximate surface area is 274 Å².